The molecule has 21 heavy (non-hydrogen) atoms. The molecular formula is C17H22FN3. The Hall–Kier alpha value is -1.58. The van der Waals surface area contributed by atoms with Gasteiger partial charge in [0.15, 0.2) is 5.96 Å². The third-order valence-electron chi connectivity index (χ3n) is 5.45. The Morgan fingerprint density at radius 2 is 2.10 bits per heavy atom. The van der Waals surface area contributed by atoms with E-state index in [2.05, 4.69) is 9.89 Å². The van der Waals surface area contributed by atoms with Crippen LogP contribution in [0.3, 0.4) is 0 Å². The Balaban J connectivity index is 1.67. The van der Waals surface area contributed by atoms with Gasteiger partial charge in [-0.05, 0) is 55.7 Å². The van der Waals surface area contributed by atoms with Crippen molar-refractivity contribution in [1.82, 2.24) is 0 Å². The summed E-state index contributed by atoms with van der Waals surface area (Å²) in [7, 11) is 0. The summed E-state index contributed by atoms with van der Waals surface area (Å²) < 4.78 is 13.6. The average Bonchev–Trinajstić information content (AvgIpc) is 3.26. The lowest BCUT2D eigenvalue weighted by Gasteiger charge is -2.45. The van der Waals surface area contributed by atoms with E-state index in [1.54, 1.807) is 12.1 Å². The smallest absolute Gasteiger partial charge is 0.196 e. The van der Waals surface area contributed by atoms with Gasteiger partial charge < -0.3 is 10.6 Å². The van der Waals surface area contributed by atoms with E-state index in [1.165, 1.54) is 31.7 Å². The zero-order valence-corrected chi connectivity index (χ0v) is 12.3. The summed E-state index contributed by atoms with van der Waals surface area (Å²) in [5.74, 6) is 2.06. The molecular weight excluding hydrogens is 265 g/mol. The van der Waals surface area contributed by atoms with Crippen molar-refractivity contribution >= 4 is 11.6 Å². The third kappa shape index (κ3) is 2.21. The SMILES string of the molecule is NC1=NCC2(CCCC(C3CC3)C2)N1c1cccc(F)c1. The number of anilines is 1. The second kappa shape index (κ2) is 4.72. The number of hydrogen-bond acceptors (Lipinski definition) is 3. The molecule has 2 fully saturated rings. The van der Waals surface area contributed by atoms with Crippen molar-refractivity contribution in [2.75, 3.05) is 11.4 Å². The van der Waals surface area contributed by atoms with Crippen LogP contribution in [0.2, 0.25) is 0 Å². The minimum Gasteiger partial charge on any atom is -0.369 e. The summed E-state index contributed by atoms with van der Waals surface area (Å²) in [6, 6.07) is 6.76. The molecule has 3 aliphatic rings. The highest BCUT2D eigenvalue weighted by Gasteiger charge is 2.48. The number of rotatable bonds is 2. The number of nitrogens with zero attached hydrogens (tertiary/aromatic N) is 2. The van der Waals surface area contributed by atoms with Gasteiger partial charge in [-0.2, -0.15) is 0 Å². The number of guanidine groups is 1. The molecule has 112 valence electrons. The molecule has 1 spiro atoms. The molecule has 1 aromatic rings. The second-order valence-electron chi connectivity index (χ2n) is 6.91. The Morgan fingerprint density at radius 1 is 1.24 bits per heavy atom. The Kier molecular flexibility index (Phi) is 2.95. The molecule has 3 nitrogen and oxygen atoms in total. The summed E-state index contributed by atoms with van der Waals surface area (Å²) in [5, 5.41) is 0. The van der Waals surface area contributed by atoms with E-state index in [4.69, 9.17) is 5.73 Å². The Morgan fingerprint density at radius 3 is 2.86 bits per heavy atom. The monoisotopic (exact) mass is 287 g/mol. The molecule has 1 aliphatic heterocycles. The van der Waals surface area contributed by atoms with Gasteiger partial charge in [0.1, 0.15) is 5.82 Å². The number of nitrogens with two attached hydrogens (primary N) is 1. The van der Waals surface area contributed by atoms with E-state index in [0.29, 0.717) is 5.96 Å². The highest BCUT2D eigenvalue weighted by molar-refractivity contribution is 5.98. The minimum absolute atomic E-state index is 0.0105. The molecule has 1 aromatic carbocycles. The predicted molar refractivity (Wildman–Crippen MR) is 82.8 cm³/mol. The molecule has 4 rings (SSSR count). The lowest BCUT2D eigenvalue weighted by atomic mass is 9.73. The van der Waals surface area contributed by atoms with Crippen molar-refractivity contribution in [3.63, 3.8) is 0 Å². The first-order chi connectivity index (χ1) is 10.2. The normalized spacial score (nSPS) is 32.5. The summed E-state index contributed by atoms with van der Waals surface area (Å²) in [6.07, 6.45) is 7.60. The van der Waals surface area contributed by atoms with Gasteiger partial charge in [0.2, 0.25) is 0 Å². The molecule has 4 heteroatoms. The molecule has 0 saturated heterocycles. The van der Waals surface area contributed by atoms with Crippen LogP contribution in [0.15, 0.2) is 29.3 Å². The van der Waals surface area contributed by atoms with E-state index >= 15 is 0 Å². The predicted octanol–water partition coefficient (Wildman–Crippen LogP) is 3.30. The quantitative estimate of drug-likeness (QED) is 0.906. The molecule has 0 radical (unpaired) electrons. The van der Waals surface area contributed by atoms with Crippen molar-refractivity contribution in [3.05, 3.63) is 30.1 Å². The maximum atomic E-state index is 13.6. The van der Waals surface area contributed by atoms with Crippen LogP contribution in [0.25, 0.3) is 0 Å². The molecule has 0 aromatic heterocycles. The van der Waals surface area contributed by atoms with E-state index in [1.807, 2.05) is 6.07 Å². The van der Waals surface area contributed by atoms with E-state index in [-0.39, 0.29) is 11.4 Å². The average molecular weight is 287 g/mol. The second-order valence-corrected chi connectivity index (χ2v) is 6.91. The number of aliphatic imine (C=N–C) groups is 1. The van der Waals surface area contributed by atoms with Crippen molar-refractivity contribution in [2.45, 2.75) is 44.1 Å². The summed E-state index contributed by atoms with van der Waals surface area (Å²) >= 11 is 0. The number of hydrogen-bond donors (Lipinski definition) is 1. The molecule has 0 bridgehead atoms. The van der Waals surface area contributed by atoms with Crippen molar-refractivity contribution < 1.29 is 4.39 Å². The fraction of sp³-hybridized carbons (Fsp3) is 0.588. The molecule has 2 atom stereocenters. The largest absolute Gasteiger partial charge is 0.369 e. The standard InChI is InChI=1S/C17H22FN3/c18-14-4-1-5-15(9-14)21-16(19)20-11-17(21)8-2-3-13(10-17)12-6-7-12/h1,4-5,9,12-13H,2-3,6-8,10-11H2,(H2,19,20). The maximum Gasteiger partial charge on any atom is 0.196 e. The van der Waals surface area contributed by atoms with Gasteiger partial charge in [-0.15, -0.1) is 0 Å². The first kappa shape index (κ1) is 13.1. The molecule has 2 saturated carbocycles. The van der Waals surface area contributed by atoms with Gasteiger partial charge in [0.05, 0.1) is 12.1 Å². The van der Waals surface area contributed by atoms with Crippen LogP contribution in [-0.2, 0) is 0 Å². The maximum absolute atomic E-state index is 13.6. The zero-order valence-electron chi connectivity index (χ0n) is 12.3. The van der Waals surface area contributed by atoms with E-state index in [0.717, 1.165) is 36.9 Å². The van der Waals surface area contributed by atoms with Gasteiger partial charge in [-0.1, -0.05) is 18.9 Å². The fourth-order valence-electron chi connectivity index (χ4n) is 4.34. The van der Waals surface area contributed by atoms with Crippen LogP contribution in [0.5, 0.6) is 0 Å². The van der Waals surface area contributed by atoms with E-state index in [9.17, 15) is 4.39 Å². The first-order valence-corrected chi connectivity index (χ1v) is 8.04. The van der Waals surface area contributed by atoms with Gasteiger partial charge in [0.25, 0.3) is 0 Å². The summed E-state index contributed by atoms with van der Waals surface area (Å²) in [4.78, 5) is 6.63. The number of halogens is 1. The lowest BCUT2D eigenvalue weighted by Crippen LogP contribution is -2.54. The Labute approximate surface area is 125 Å². The highest BCUT2D eigenvalue weighted by Crippen LogP contribution is 2.50. The van der Waals surface area contributed by atoms with Crippen molar-refractivity contribution in [3.8, 4) is 0 Å². The molecule has 0 amide bonds. The third-order valence-corrected chi connectivity index (χ3v) is 5.45. The van der Waals surface area contributed by atoms with Crippen LogP contribution < -0.4 is 10.6 Å². The van der Waals surface area contributed by atoms with Crippen LogP contribution in [0.4, 0.5) is 10.1 Å². The lowest BCUT2D eigenvalue weighted by molar-refractivity contribution is 0.219. The minimum atomic E-state index is -0.211. The molecule has 2 N–H and O–H groups in total. The first-order valence-electron chi connectivity index (χ1n) is 8.04. The molecule has 2 unspecified atom stereocenters. The fourth-order valence-corrected chi connectivity index (χ4v) is 4.34. The van der Waals surface area contributed by atoms with Crippen LogP contribution in [0.1, 0.15) is 38.5 Å². The van der Waals surface area contributed by atoms with Crippen LogP contribution in [0, 0.1) is 17.7 Å². The van der Waals surface area contributed by atoms with E-state index < -0.39 is 0 Å². The van der Waals surface area contributed by atoms with Gasteiger partial charge in [-0.3, -0.25) is 4.99 Å². The topological polar surface area (TPSA) is 41.6 Å². The van der Waals surface area contributed by atoms with Crippen LogP contribution in [-0.4, -0.2) is 18.0 Å². The molecule has 1 heterocycles. The van der Waals surface area contributed by atoms with Gasteiger partial charge in [0, 0.05) is 5.69 Å². The molecule has 2 aliphatic carbocycles. The zero-order chi connectivity index (χ0) is 14.4. The Bertz CT molecular complexity index is 581. The van der Waals surface area contributed by atoms with Crippen LogP contribution >= 0.6 is 0 Å². The summed E-state index contributed by atoms with van der Waals surface area (Å²) in [5.41, 5.74) is 7.00. The highest BCUT2D eigenvalue weighted by atomic mass is 19.1. The van der Waals surface area contributed by atoms with Gasteiger partial charge in [-0.25, -0.2) is 4.39 Å². The van der Waals surface area contributed by atoms with Crippen molar-refractivity contribution in [2.24, 2.45) is 22.6 Å². The van der Waals surface area contributed by atoms with Gasteiger partial charge >= 0.3 is 0 Å². The van der Waals surface area contributed by atoms with Crippen molar-refractivity contribution in [1.29, 1.82) is 0 Å². The number of benzene rings is 1. The summed E-state index contributed by atoms with van der Waals surface area (Å²) in [6.45, 7) is 0.762.